The van der Waals surface area contributed by atoms with Crippen molar-refractivity contribution in [3.63, 3.8) is 0 Å². The van der Waals surface area contributed by atoms with Crippen LogP contribution in [0, 0.1) is 17.2 Å². The molecule has 0 N–H and O–H groups in total. The molecule has 2 rings (SSSR count). The third-order valence-corrected chi connectivity index (χ3v) is 3.48. The summed E-state index contributed by atoms with van der Waals surface area (Å²) in [6, 6.07) is 2.39. The quantitative estimate of drug-likeness (QED) is 0.709. The minimum atomic E-state index is 0.267. The Kier molecular flexibility index (Phi) is 3.99. The van der Waals surface area contributed by atoms with Crippen LogP contribution in [0.5, 0.6) is 0 Å². The van der Waals surface area contributed by atoms with Gasteiger partial charge in [-0.3, -0.25) is 0 Å². The van der Waals surface area contributed by atoms with Gasteiger partial charge in [0.1, 0.15) is 0 Å². The molecule has 0 saturated carbocycles. The molecule has 15 heavy (non-hydrogen) atoms. The topological polar surface area (TPSA) is 36.3 Å². The number of hydrogen-bond donors (Lipinski definition) is 0. The van der Waals surface area contributed by atoms with Gasteiger partial charge in [-0.05, 0) is 38.6 Å². The zero-order valence-corrected chi connectivity index (χ0v) is 9.32. The van der Waals surface area contributed by atoms with E-state index in [1.807, 2.05) is 0 Å². The van der Waals surface area contributed by atoms with Gasteiger partial charge < -0.3 is 9.64 Å². The van der Waals surface area contributed by atoms with Crippen molar-refractivity contribution >= 4 is 0 Å². The summed E-state index contributed by atoms with van der Waals surface area (Å²) < 4.78 is 5.61. The fourth-order valence-electron chi connectivity index (χ4n) is 2.56. The predicted octanol–water partition coefficient (Wildman–Crippen LogP) is 1.79. The van der Waals surface area contributed by atoms with Gasteiger partial charge in [-0.25, -0.2) is 0 Å². The van der Waals surface area contributed by atoms with Crippen LogP contribution in [0.1, 0.15) is 32.1 Å². The molecule has 2 heterocycles. The summed E-state index contributed by atoms with van der Waals surface area (Å²) in [5, 5.41) is 8.89. The lowest BCUT2D eigenvalue weighted by Gasteiger charge is -2.30. The number of nitriles is 1. The van der Waals surface area contributed by atoms with E-state index < -0.39 is 0 Å². The predicted molar refractivity (Wildman–Crippen MR) is 58.4 cm³/mol. The Balaban J connectivity index is 1.67. The molecular weight excluding hydrogens is 188 g/mol. The largest absolute Gasteiger partial charge is 0.378 e. The van der Waals surface area contributed by atoms with E-state index in [4.69, 9.17) is 10.00 Å². The normalized spacial score (nSPS) is 32.7. The Morgan fingerprint density at radius 1 is 1.33 bits per heavy atom. The van der Waals surface area contributed by atoms with Gasteiger partial charge in [-0.1, -0.05) is 0 Å². The Bertz CT molecular complexity index is 230. The molecule has 0 aromatic heterocycles. The van der Waals surface area contributed by atoms with Gasteiger partial charge in [0.25, 0.3) is 0 Å². The SMILES string of the molecule is N#CC1CCCN(CCC2CCCO2)C1. The molecule has 2 fully saturated rings. The summed E-state index contributed by atoms with van der Waals surface area (Å²) in [6.45, 7) is 4.21. The Morgan fingerprint density at radius 3 is 3.00 bits per heavy atom. The summed E-state index contributed by atoms with van der Waals surface area (Å²) in [5.74, 6) is 0.267. The molecule has 0 radical (unpaired) electrons. The van der Waals surface area contributed by atoms with Crippen molar-refractivity contribution in [3.05, 3.63) is 0 Å². The average molecular weight is 208 g/mol. The Morgan fingerprint density at radius 2 is 2.27 bits per heavy atom. The van der Waals surface area contributed by atoms with Crippen molar-refractivity contribution in [2.45, 2.75) is 38.2 Å². The first-order valence-corrected chi connectivity index (χ1v) is 6.12. The van der Waals surface area contributed by atoms with E-state index in [1.165, 1.54) is 25.8 Å². The molecule has 2 aliphatic rings. The van der Waals surface area contributed by atoms with E-state index in [0.717, 1.165) is 32.5 Å². The number of piperidine rings is 1. The van der Waals surface area contributed by atoms with Crippen molar-refractivity contribution in [3.8, 4) is 6.07 Å². The second kappa shape index (κ2) is 5.48. The lowest BCUT2D eigenvalue weighted by atomic mass is 9.99. The van der Waals surface area contributed by atoms with E-state index in [-0.39, 0.29) is 5.92 Å². The molecule has 2 aliphatic heterocycles. The summed E-state index contributed by atoms with van der Waals surface area (Å²) in [4.78, 5) is 2.43. The van der Waals surface area contributed by atoms with Crippen LogP contribution in [0.3, 0.4) is 0 Å². The highest BCUT2D eigenvalue weighted by Gasteiger charge is 2.21. The number of ether oxygens (including phenoxy) is 1. The highest BCUT2D eigenvalue weighted by molar-refractivity contribution is 4.88. The van der Waals surface area contributed by atoms with Crippen LogP contribution < -0.4 is 0 Å². The van der Waals surface area contributed by atoms with E-state index >= 15 is 0 Å². The Hall–Kier alpha value is -0.590. The third kappa shape index (κ3) is 3.19. The van der Waals surface area contributed by atoms with E-state index in [0.29, 0.717) is 6.10 Å². The summed E-state index contributed by atoms with van der Waals surface area (Å²) in [6.07, 6.45) is 6.38. The smallest absolute Gasteiger partial charge is 0.0669 e. The molecule has 2 saturated heterocycles. The van der Waals surface area contributed by atoms with Gasteiger partial charge in [-0.2, -0.15) is 5.26 Å². The zero-order valence-electron chi connectivity index (χ0n) is 9.32. The van der Waals surface area contributed by atoms with Crippen LogP contribution in [0.4, 0.5) is 0 Å². The molecule has 2 atom stereocenters. The Labute approximate surface area is 92.0 Å². The first kappa shape index (κ1) is 10.9. The van der Waals surface area contributed by atoms with Gasteiger partial charge in [0.05, 0.1) is 18.1 Å². The molecule has 0 aromatic rings. The lowest BCUT2D eigenvalue weighted by molar-refractivity contribution is 0.0862. The second-order valence-electron chi connectivity index (χ2n) is 4.69. The molecule has 0 aliphatic carbocycles. The average Bonchev–Trinajstić information content (AvgIpc) is 2.79. The lowest BCUT2D eigenvalue weighted by Crippen LogP contribution is -2.36. The number of rotatable bonds is 3. The van der Waals surface area contributed by atoms with Gasteiger partial charge in [0, 0.05) is 19.7 Å². The van der Waals surface area contributed by atoms with Gasteiger partial charge in [0.15, 0.2) is 0 Å². The maximum absolute atomic E-state index is 8.89. The van der Waals surface area contributed by atoms with E-state index in [2.05, 4.69) is 11.0 Å². The molecule has 2 unspecified atom stereocenters. The summed E-state index contributed by atoms with van der Waals surface area (Å²) >= 11 is 0. The van der Waals surface area contributed by atoms with Crippen LogP contribution in [0.2, 0.25) is 0 Å². The molecular formula is C12H20N2O. The highest BCUT2D eigenvalue weighted by Crippen LogP contribution is 2.19. The standard InChI is InChI=1S/C12H20N2O/c13-9-11-3-1-6-14(10-11)7-5-12-4-2-8-15-12/h11-12H,1-8,10H2. The fourth-order valence-corrected chi connectivity index (χ4v) is 2.56. The van der Waals surface area contributed by atoms with Crippen LogP contribution in [0.25, 0.3) is 0 Å². The molecule has 0 aromatic carbocycles. The molecule has 84 valence electrons. The van der Waals surface area contributed by atoms with Gasteiger partial charge >= 0.3 is 0 Å². The number of nitrogens with zero attached hydrogens (tertiary/aromatic N) is 2. The molecule has 0 spiro atoms. The minimum absolute atomic E-state index is 0.267. The minimum Gasteiger partial charge on any atom is -0.378 e. The van der Waals surface area contributed by atoms with Gasteiger partial charge in [0.2, 0.25) is 0 Å². The monoisotopic (exact) mass is 208 g/mol. The fraction of sp³-hybridized carbons (Fsp3) is 0.917. The highest BCUT2D eigenvalue weighted by atomic mass is 16.5. The van der Waals surface area contributed by atoms with Crippen molar-refractivity contribution in [2.24, 2.45) is 5.92 Å². The first-order chi connectivity index (χ1) is 7.38. The second-order valence-corrected chi connectivity index (χ2v) is 4.69. The van der Waals surface area contributed by atoms with E-state index in [9.17, 15) is 0 Å². The summed E-state index contributed by atoms with van der Waals surface area (Å²) in [7, 11) is 0. The zero-order chi connectivity index (χ0) is 10.5. The van der Waals surface area contributed by atoms with Crippen molar-refractivity contribution in [1.82, 2.24) is 4.90 Å². The molecule has 3 nitrogen and oxygen atoms in total. The number of likely N-dealkylation sites (tertiary alicyclic amines) is 1. The maximum Gasteiger partial charge on any atom is 0.0669 e. The molecule has 0 bridgehead atoms. The van der Waals surface area contributed by atoms with Gasteiger partial charge in [-0.15, -0.1) is 0 Å². The summed E-state index contributed by atoms with van der Waals surface area (Å²) in [5.41, 5.74) is 0. The van der Waals surface area contributed by atoms with Crippen molar-refractivity contribution < 1.29 is 4.74 Å². The first-order valence-electron chi connectivity index (χ1n) is 6.12. The maximum atomic E-state index is 8.89. The van der Waals surface area contributed by atoms with E-state index in [1.54, 1.807) is 0 Å². The van der Waals surface area contributed by atoms with Crippen molar-refractivity contribution in [2.75, 3.05) is 26.2 Å². The van der Waals surface area contributed by atoms with Crippen LogP contribution >= 0.6 is 0 Å². The molecule has 0 amide bonds. The van der Waals surface area contributed by atoms with Crippen molar-refractivity contribution in [1.29, 1.82) is 5.26 Å². The van der Waals surface area contributed by atoms with Crippen LogP contribution in [-0.2, 0) is 4.74 Å². The third-order valence-electron chi connectivity index (χ3n) is 3.48. The van der Waals surface area contributed by atoms with Crippen LogP contribution in [0.15, 0.2) is 0 Å². The van der Waals surface area contributed by atoms with Crippen LogP contribution in [-0.4, -0.2) is 37.2 Å². The number of hydrogen-bond acceptors (Lipinski definition) is 3. The molecule has 3 heteroatoms.